The van der Waals surface area contributed by atoms with Crippen LogP contribution in [0.4, 0.5) is 0 Å². The van der Waals surface area contributed by atoms with Crippen molar-refractivity contribution in [2.45, 2.75) is 11.8 Å². The number of carbonyl (C=O) groups is 1. The maximum absolute atomic E-state index is 11.9. The highest BCUT2D eigenvalue weighted by molar-refractivity contribution is 7.86. The number of carbonyl (C=O) groups excluding carboxylic acids is 1. The van der Waals surface area contributed by atoms with E-state index in [1.54, 1.807) is 36.4 Å². The van der Waals surface area contributed by atoms with E-state index in [0.717, 1.165) is 5.56 Å². The Labute approximate surface area is 140 Å². The number of aryl methyl sites for hydroxylation is 1. The van der Waals surface area contributed by atoms with Gasteiger partial charge in [0.2, 0.25) is 0 Å². The Kier molecular flexibility index (Phi) is 5.76. The average Bonchev–Trinajstić information content (AvgIpc) is 2.52. The third-order valence-corrected chi connectivity index (χ3v) is 4.62. The molecule has 0 bridgehead atoms. The molecule has 0 unspecified atom stereocenters. The van der Waals surface area contributed by atoms with Gasteiger partial charge < -0.3 is 5.32 Å². The van der Waals surface area contributed by atoms with Crippen LogP contribution in [0.1, 0.15) is 15.9 Å². The fraction of sp³-hybridized carbons (Fsp3) is 0.188. The fourth-order valence-corrected chi connectivity index (χ4v) is 2.83. The zero-order valence-electron chi connectivity index (χ0n) is 12.5. The van der Waals surface area contributed by atoms with Crippen LogP contribution in [-0.4, -0.2) is 27.5 Å². The van der Waals surface area contributed by atoms with E-state index in [0.29, 0.717) is 10.6 Å². The molecule has 2 aromatic rings. The van der Waals surface area contributed by atoms with Crippen LogP contribution in [0.3, 0.4) is 0 Å². The van der Waals surface area contributed by atoms with Crippen molar-refractivity contribution < 1.29 is 17.4 Å². The van der Waals surface area contributed by atoms with E-state index in [1.165, 1.54) is 12.1 Å². The van der Waals surface area contributed by atoms with Crippen LogP contribution in [0.5, 0.6) is 0 Å². The standard InChI is InChI=1S/C16H16ClNO4S/c1-12-2-8-15(9-3-12)23(20,21)22-11-10-18-16(19)13-4-6-14(17)7-5-13/h2-9H,10-11H2,1H3,(H,18,19). The molecule has 0 atom stereocenters. The molecule has 0 radical (unpaired) electrons. The number of hydrogen-bond acceptors (Lipinski definition) is 4. The molecule has 122 valence electrons. The van der Waals surface area contributed by atoms with Gasteiger partial charge in [0, 0.05) is 17.1 Å². The summed E-state index contributed by atoms with van der Waals surface area (Å²) in [5.74, 6) is -0.321. The highest BCUT2D eigenvalue weighted by Crippen LogP contribution is 2.13. The van der Waals surface area contributed by atoms with Gasteiger partial charge in [-0.2, -0.15) is 8.42 Å². The lowest BCUT2D eigenvalue weighted by molar-refractivity contribution is 0.0947. The zero-order valence-corrected chi connectivity index (χ0v) is 14.0. The molecule has 7 heteroatoms. The van der Waals surface area contributed by atoms with Crippen LogP contribution in [0.25, 0.3) is 0 Å². The molecule has 0 saturated carbocycles. The molecule has 23 heavy (non-hydrogen) atoms. The van der Waals surface area contributed by atoms with Crippen LogP contribution in [0.15, 0.2) is 53.4 Å². The van der Waals surface area contributed by atoms with Gasteiger partial charge in [-0.05, 0) is 43.3 Å². The predicted molar refractivity (Wildman–Crippen MR) is 88.1 cm³/mol. The van der Waals surface area contributed by atoms with Crippen molar-refractivity contribution in [2.75, 3.05) is 13.2 Å². The van der Waals surface area contributed by atoms with E-state index in [1.807, 2.05) is 6.92 Å². The first-order valence-electron chi connectivity index (χ1n) is 6.88. The Morgan fingerprint density at radius 3 is 2.30 bits per heavy atom. The molecule has 0 heterocycles. The first-order chi connectivity index (χ1) is 10.9. The largest absolute Gasteiger partial charge is 0.350 e. The lowest BCUT2D eigenvalue weighted by Gasteiger charge is -2.07. The maximum Gasteiger partial charge on any atom is 0.297 e. The maximum atomic E-state index is 11.9. The second-order valence-corrected chi connectivity index (χ2v) is 6.90. The van der Waals surface area contributed by atoms with Gasteiger partial charge in [-0.1, -0.05) is 29.3 Å². The Balaban J connectivity index is 1.83. The summed E-state index contributed by atoms with van der Waals surface area (Å²) in [6.45, 7) is 1.80. The molecule has 0 aliphatic carbocycles. The van der Waals surface area contributed by atoms with Crippen LogP contribution >= 0.6 is 11.6 Å². The van der Waals surface area contributed by atoms with Crippen LogP contribution < -0.4 is 5.32 Å². The lowest BCUT2D eigenvalue weighted by atomic mass is 10.2. The van der Waals surface area contributed by atoms with Gasteiger partial charge in [0.1, 0.15) is 0 Å². The van der Waals surface area contributed by atoms with Crippen LogP contribution in [-0.2, 0) is 14.3 Å². The first-order valence-corrected chi connectivity index (χ1v) is 8.67. The number of halogens is 1. The van der Waals surface area contributed by atoms with Crippen molar-refractivity contribution in [1.29, 1.82) is 0 Å². The first kappa shape index (κ1) is 17.5. The van der Waals surface area contributed by atoms with Crippen molar-refractivity contribution in [3.05, 3.63) is 64.7 Å². The minimum Gasteiger partial charge on any atom is -0.350 e. The summed E-state index contributed by atoms with van der Waals surface area (Å²) in [5, 5.41) is 3.12. The third-order valence-electron chi connectivity index (χ3n) is 3.04. The van der Waals surface area contributed by atoms with E-state index in [-0.39, 0.29) is 24.0 Å². The number of rotatable bonds is 6. The van der Waals surface area contributed by atoms with Gasteiger partial charge in [0.15, 0.2) is 0 Å². The Morgan fingerprint density at radius 2 is 1.70 bits per heavy atom. The van der Waals surface area contributed by atoms with E-state index in [2.05, 4.69) is 5.32 Å². The average molecular weight is 354 g/mol. The summed E-state index contributed by atoms with van der Waals surface area (Å²) < 4.78 is 28.8. The summed E-state index contributed by atoms with van der Waals surface area (Å²) in [5.41, 5.74) is 1.40. The van der Waals surface area contributed by atoms with E-state index >= 15 is 0 Å². The number of hydrogen-bond donors (Lipinski definition) is 1. The molecule has 5 nitrogen and oxygen atoms in total. The van der Waals surface area contributed by atoms with Crippen molar-refractivity contribution in [3.63, 3.8) is 0 Å². The molecule has 1 N–H and O–H groups in total. The van der Waals surface area contributed by atoms with Crippen LogP contribution in [0.2, 0.25) is 5.02 Å². The molecule has 0 aliphatic heterocycles. The van der Waals surface area contributed by atoms with Crippen LogP contribution in [0, 0.1) is 6.92 Å². The van der Waals surface area contributed by atoms with Gasteiger partial charge >= 0.3 is 0 Å². The number of amides is 1. The van der Waals surface area contributed by atoms with Gasteiger partial charge in [0.25, 0.3) is 16.0 Å². The van der Waals surface area contributed by atoms with Crippen molar-refractivity contribution in [2.24, 2.45) is 0 Å². The van der Waals surface area contributed by atoms with Crippen molar-refractivity contribution in [3.8, 4) is 0 Å². The fourth-order valence-electron chi connectivity index (χ4n) is 1.79. The minimum absolute atomic E-state index is 0.0759. The summed E-state index contributed by atoms with van der Waals surface area (Å²) in [7, 11) is -3.81. The quantitative estimate of drug-likeness (QED) is 0.640. The van der Waals surface area contributed by atoms with Crippen molar-refractivity contribution in [1.82, 2.24) is 5.32 Å². The smallest absolute Gasteiger partial charge is 0.297 e. The normalized spacial score (nSPS) is 11.2. The Hall–Kier alpha value is -1.89. The molecule has 2 aromatic carbocycles. The molecule has 0 spiro atoms. The SMILES string of the molecule is Cc1ccc(S(=O)(=O)OCCNC(=O)c2ccc(Cl)cc2)cc1. The second-order valence-electron chi connectivity index (χ2n) is 4.85. The molecule has 0 fully saturated rings. The lowest BCUT2D eigenvalue weighted by Crippen LogP contribution is -2.28. The van der Waals surface area contributed by atoms with Gasteiger partial charge in [0.05, 0.1) is 11.5 Å². The number of benzene rings is 2. The summed E-state index contributed by atoms with van der Waals surface area (Å²) >= 11 is 5.74. The molecule has 1 amide bonds. The topological polar surface area (TPSA) is 72.5 Å². The minimum atomic E-state index is -3.81. The summed E-state index contributed by atoms with van der Waals surface area (Å²) in [6.07, 6.45) is 0. The summed E-state index contributed by atoms with van der Waals surface area (Å²) in [4.78, 5) is 11.9. The molecule has 0 saturated heterocycles. The summed E-state index contributed by atoms with van der Waals surface area (Å²) in [6, 6.07) is 12.7. The van der Waals surface area contributed by atoms with Gasteiger partial charge in [-0.3, -0.25) is 8.98 Å². The molecule has 0 aliphatic rings. The third kappa shape index (κ3) is 5.06. The highest BCUT2D eigenvalue weighted by atomic mass is 35.5. The van der Waals surface area contributed by atoms with Gasteiger partial charge in [-0.15, -0.1) is 0 Å². The predicted octanol–water partition coefficient (Wildman–Crippen LogP) is 2.78. The molecular formula is C16H16ClNO4S. The van der Waals surface area contributed by atoms with Crippen molar-refractivity contribution >= 4 is 27.6 Å². The van der Waals surface area contributed by atoms with E-state index in [9.17, 15) is 13.2 Å². The highest BCUT2D eigenvalue weighted by Gasteiger charge is 2.14. The van der Waals surface area contributed by atoms with E-state index in [4.69, 9.17) is 15.8 Å². The van der Waals surface area contributed by atoms with E-state index < -0.39 is 10.1 Å². The van der Waals surface area contributed by atoms with Gasteiger partial charge in [-0.25, -0.2) is 0 Å². The monoisotopic (exact) mass is 353 g/mol. The molecular weight excluding hydrogens is 338 g/mol. The second kappa shape index (κ2) is 7.59. The zero-order chi connectivity index (χ0) is 16.9. The molecule has 0 aromatic heterocycles. The Morgan fingerprint density at radius 1 is 1.09 bits per heavy atom. The number of nitrogens with one attached hydrogen (secondary N) is 1. The Bertz CT molecular complexity index is 771. The molecule has 2 rings (SSSR count).